The number of hydrogen-bond acceptors (Lipinski definition) is 4. The number of nitrogens with one attached hydrogen (secondary N) is 1. The van der Waals surface area contributed by atoms with E-state index < -0.39 is 17.8 Å². The minimum absolute atomic E-state index is 0.0835. The third kappa shape index (κ3) is 4.78. The Bertz CT molecular complexity index is 911. The van der Waals surface area contributed by atoms with Crippen molar-refractivity contribution >= 4 is 45.1 Å². The first-order chi connectivity index (χ1) is 13.3. The number of esters is 1. The molecule has 0 bridgehead atoms. The van der Waals surface area contributed by atoms with Crippen LogP contribution in [0.4, 0.5) is 11.4 Å². The minimum Gasteiger partial charge on any atom is -0.455 e. The number of hydrogen-bond donors (Lipinski definition) is 1. The zero-order valence-electron chi connectivity index (χ0n) is 15.7. The summed E-state index contributed by atoms with van der Waals surface area (Å²) in [6, 6.07) is 13.0. The van der Waals surface area contributed by atoms with Gasteiger partial charge in [-0.3, -0.25) is 14.4 Å². The van der Waals surface area contributed by atoms with Crippen LogP contribution >= 0.6 is 15.9 Å². The molecule has 1 unspecified atom stereocenters. The van der Waals surface area contributed by atoms with Crippen LogP contribution in [0, 0.1) is 19.8 Å². The lowest BCUT2D eigenvalue weighted by Gasteiger charge is -2.16. The number of carbonyl (C=O) groups excluding carboxylic acids is 3. The number of anilines is 2. The summed E-state index contributed by atoms with van der Waals surface area (Å²) in [6.07, 6.45) is 0.0835. The lowest BCUT2D eigenvalue weighted by molar-refractivity contribution is -0.151. The normalized spacial score (nSPS) is 16.2. The van der Waals surface area contributed by atoms with Gasteiger partial charge in [0.1, 0.15) is 0 Å². The Hall–Kier alpha value is -2.67. The minimum atomic E-state index is -0.573. The van der Waals surface area contributed by atoms with Gasteiger partial charge in [-0.2, -0.15) is 0 Å². The van der Waals surface area contributed by atoms with Gasteiger partial charge < -0.3 is 15.0 Å². The van der Waals surface area contributed by atoms with E-state index in [4.69, 9.17) is 4.74 Å². The molecule has 0 spiro atoms. The van der Waals surface area contributed by atoms with E-state index in [-0.39, 0.29) is 25.5 Å². The van der Waals surface area contributed by atoms with Gasteiger partial charge in [0.25, 0.3) is 5.91 Å². The van der Waals surface area contributed by atoms with E-state index in [0.29, 0.717) is 5.69 Å². The van der Waals surface area contributed by atoms with Gasteiger partial charge in [-0.15, -0.1) is 0 Å². The summed E-state index contributed by atoms with van der Waals surface area (Å²) < 4.78 is 6.05. The number of benzene rings is 2. The van der Waals surface area contributed by atoms with E-state index in [0.717, 1.165) is 21.3 Å². The van der Waals surface area contributed by atoms with Crippen molar-refractivity contribution in [1.82, 2.24) is 0 Å². The van der Waals surface area contributed by atoms with Crippen LogP contribution in [0.5, 0.6) is 0 Å². The number of nitrogens with zero attached hydrogens (tertiary/aromatic N) is 1. The Labute approximate surface area is 172 Å². The molecule has 1 heterocycles. The molecule has 0 radical (unpaired) electrons. The average Bonchev–Trinajstić information content (AvgIpc) is 3.04. The van der Waals surface area contributed by atoms with Gasteiger partial charge in [-0.05, 0) is 49.7 Å². The van der Waals surface area contributed by atoms with Crippen molar-refractivity contribution in [1.29, 1.82) is 0 Å². The maximum atomic E-state index is 12.3. The van der Waals surface area contributed by atoms with E-state index >= 15 is 0 Å². The smallest absolute Gasteiger partial charge is 0.311 e. The average molecular weight is 445 g/mol. The SMILES string of the molecule is Cc1ccc(N2CC(C(=O)OCC(=O)Nc3ccc(Br)cc3C)CC2=O)cc1. The molecule has 2 aromatic carbocycles. The molecule has 6 nitrogen and oxygen atoms in total. The zero-order valence-corrected chi connectivity index (χ0v) is 17.3. The number of rotatable bonds is 5. The molecule has 146 valence electrons. The van der Waals surface area contributed by atoms with Crippen LogP contribution in [0.3, 0.4) is 0 Å². The van der Waals surface area contributed by atoms with E-state index in [1.165, 1.54) is 0 Å². The molecule has 1 N–H and O–H groups in total. The molecule has 0 aromatic heterocycles. The van der Waals surface area contributed by atoms with Crippen LogP contribution in [0.25, 0.3) is 0 Å². The van der Waals surface area contributed by atoms with Crippen LogP contribution in [-0.4, -0.2) is 30.9 Å². The summed E-state index contributed by atoms with van der Waals surface area (Å²) in [4.78, 5) is 38.2. The van der Waals surface area contributed by atoms with E-state index in [1.807, 2.05) is 50.2 Å². The quantitative estimate of drug-likeness (QED) is 0.714. The van der Waals surface area contributed by atoms with Gasteiger partial charge in [0.2, 0.25) is 5.91 Å². The van der Waals surface area contributed by atoms with Gasteiger partial charge in [-0.25, -0.2) is 0 Å². The third-order valence-electron chi connectivity index (χ3n) is 4.61. The fourth-order valence-corrected chi connectivity index (χ4v) is 3.52. The molecular formula is C21H21BrN2O4. The van der Waals surface area contributed by atoms with Crippen molar-refractivity contribution in [2.24, 2.45) is 5.92 Å². The van der Waals surface area contributed by atoms with Crippen molar-refractivity contribution in [3.63, 3.8) is 0 Å². The van der Waals surface area contributed by atoms with Gasteiger partial charge in [0, 0.05) is 28.8 Å². The van der Waals surface area contributed by atoms with Crippen molar-refractivity contribution < 1.29 is 19.1 Å². The predicted molar refractivity (Wildman–Crippen MR) is 110 cm³/mol. The van der Waals surface area contributed by atoms with Crippen LogP contribution in [-0.2, 0) is 19.1 Å². The molecule has 1 fully saturated rings. The topological polar surface area (TPSA) is 75.7 Å². The van der Waals surface area contributed by atoms with Crippen LogP contribution < -0.4 is 10.2 Å². The summed E-state index contributed by atoms with van der Waals surface area (Å²) in [5, 5.41) is 2.72. The molecule has 2 amide bonds. The Morgan fingerprint density at radius 3 is 2.57 bits per heavy atom. The number of halogens is 1. The molecule has 3 rings (SSSR count). The molecule has 1 aliphatic rings. The van der Waals surface area contributed by atoms with Gasteiger partial charge in [0.15, 0.2) is 6.61 Å². The number of carbonyl (C=O) groups is 3. The Balaban J connectivity index is 1.53. The Morgan fingerprint density at radius 2 is 1.89 bits per heavy atom. The first-order valence-electron chi connectivity index (χ1n) is 8.93. The monoisotopic (exact) mass is 444 g/mol. The van der Waals surface area contributed by atoms with Crippen LogP contribution in [0.2, 0.25) is 0 Å². The lowest BCUT2D eigenvalue weighted by Crippen LogP contribution is -2.28. The summed E-state index contributed by atoms with van der Waals surface area (Å²) in [5.74, 6) is -1.65. The first kappa shape index (κ1) is 20.1. The van der Waals surface area contributed by atoms with Crippen LogP contribution in [0.1, 0.15) is 17.5 Å². The van der Waals surface area contributed by atoms with Crippen molar-refractivity contribution in [2.45, 2.75) is 20.3 Å². The van der Waals surface area contributed by atoms with E-state index in [9.17, 15) is 14.4 Å². The van der Waals surface area contributed by atoms with Crippen molar-refractivity contribution in [3.8, 4) is 0 Å². The molecule has 7 heteroatoms. The predicted octanol–water partition coefficient (Wildman–Crippen LogP) is 3.60. The molecule has 0 saturated carbocycles. The molecule has 1 atom stereocenters. The highest BCUT2D eigenvalue weighted by molar-refractivity contribution is 9.10. The molecule has 2 aromatic rings. The highest BCUT2D eigenvalue weighted by Crippen LogP contribution is 2.26. The van der Waals surface area contributed by atoms with E-state index in [1.54, 1.807) is 11.0 Å². The number of amides is 2. The molecule has 0 aliphatic carbocycles. The summed E-state index contributed by atoms with van der Waals surface area (Å²) in [6.45, 7) is 3.71. The van der Waals surface area contributed by atoms with Crippen LogP contribution in [0.15, 0.2) is 46.9 Å². The third-order valence-corrected chi connectivity index (χ3v) is 5.11. The largest absolute Gasteiger partial charge is 0.455 e. The number of ether oxygens (including phenoxy) is 1. The Morgan fingerprint density at radius 1 is 1.18 bits per heavy atom. The molecule has 1 aliphatic heterocycles. The van der Waals surface area contributed by atoms with Gasteiger partial charge in [-0.1, -0.05) is 33.6 Å². The molecular weight excluding hydrogens is 424 g/mol. The second-order valence-corrected chi connectivity index (χ2v) is 7.77. The highest BCUT2D eigenvalue weighted by atomic mass is 79.9. The maximum Gasteiger partial charge on any atom is 0.311 e. The standard InChI is InChI=1S/C21H21BrN2O4/c1-13-3-6-17(7-4-13)24-11-15(10-20(24)26)21(27)28-12-19(25)23-18-8-5-16(22)9-14(18)2/h3-9,15H,10-12H2,1-2H3,(H,23,25). The second kappa shape index (κ2) is 8.56. The highest BCUT2D eigenvalue weighted by Gasteiger charge is 2.36. The van der Waals surface area contributed by atoms with Crippen molar-refractivity contribution in [3.05, 3.63) is 58.1 Å². The summed E-state index contributed by atoms with van der Waals surface area (Å²) in [7, 11) is 0. The summed E-state index contributed by atoms with van der Waals surface area (Å²) >= 11 is 3.37. The fourth-order valence-electron chi connectivity index (χ4n) is 3.05. The van der Waals surface area contributed by atoms with Crippen molar-refractivity contribution in [2.75, 3.05) is 23.4 Å². The summed E-state index contributed by atoms with van der Waals surface area (Å²) in [5.41, 5.74) is 3.41. The Kier molecular flexibility index (Phi) is 6.14. The fraction of sp³-hybridized carbons (Fsp3) is 0.286. The maximum absolute atomic E-state index is 12.3. The van der Waals surface area contributed by atoms with E-state index in [2.05, 4.69) is 21.2 Å². The molecule has 1 saturated heterocycles. The first-order valence-corrected chi connectivity index (χ1v) is 9.72. The molecule has 28 heavy (non-hydrogen) atoms. The number of aryl methyl sites for hydroxylation is 2. The second-order valence-electron chi connectivity index (χ2n) is 6.86. The zero-order chi connectivity index (χ0) is 20.3. The lowest BCUT2D eigenvalue weighted by atomic mass is 10.1. The van der Waals surface area contributed by atoms with Gasteiger partial charge in [0.05, 0.1) is 5.92 Å². The van der Waals surface area contributed by atoms with Gasteiger partial charge >= 0.3 is 5.97 Å².